The van der Waals surface area contributed by atoms with Gasteiger partial charge in [-0.1, -0.05) is 30.3 Å². The molecule has 4 rings (SSSR count). The van der Waals surface area contributed by atoms with Gasteiger partial charge in [-0.15, -0.1) is 0 Å². The van der Waals surface area contributed by atoms with E-state index in [1.807, 2.05) is 30.3 Å². The van der Waals surface area contributed by atoms with Gasteiger partial charge in [0.1, 0.15) is 5.78 Å². The van der Waals surface area contributed by atoms with Crippen LogP contribution in [-0.2, 0) is 16.0 Å². The van der Waals surface area contributed by atoms with Crippen LogP contribution in [0.2, 0.25) is 0 Å². The molecule has 3 nitrogen and oxygen atoms in total. The number of carbonyl (C=O) groups excluding carboxylic acids is 2. The lowest BCUT2D eigenvalue weighted by Gasteiger charge is -2.39. The van der Waals surface area contributed by atoms with Crippen LogP contribution in [0, 0.1) is 17.3 Å². The third-order valence-electron chi connectivity index (χ3n) is 4.92. The first-order valence-corrected chi connectivity index (χ1v) is 6.98. The maximum absolute atomic E-state index is 12.5. The molecule has 0 aromatic heterocycles. The van der Waals surface area contributed by atoms with E-state index < -0.39 is 5.41 Å². The summed E-state index contributed by atoms with van der Waals surface area (Å²) in [5.74, 6) is 0.306. The minimum Gasteiger partial charge on any atom is -0.369 e. The first kappa shape index (κ1) is 12.4. The fourth-order valence-corrected chi connectivity index (χ4v) is 3.94. The van der Waals surface area contributed by atoms with Crippen molar-refractivity contribution in [2.45, 2.75) is 32.1 Å². The number of rotatable bonds is 5. The summed E-state index contributed by atoms with van der Waals surface area (Å²) in [6, 6.07) is 10.0. The molecule has 1 atom stereocenters. The molecule has 1 amide bonds. The van der Waals surface area contributed by atoms with Crippen molar-refractivity contribution in [1.82, 2.24) is 0 Å². The highest BCUT2D eigenvalue weighted by Crippen LogP contribution is 2.63. The molecule has 3 heteroatoms. The lowest BCUT2D eigenvalue weighted by molar-refractivity contribution is -0.140. The van der Waals surface area contributed by atoms with Crippen LogP contribution in [-0.4, -0.2) is 11.7 Å². The van der Waals surface area contributed by atoms with E-state index in [1.165, 1.54) is 5.56 Å². The first-order chi connectivity index (χ1) is 9.12. The molecule has 3 aliphatic carbocycles. The summed E-state index contributed by atoms with van der Waals surface area (Å²) in [7, 11) is 0. The predicted molar refractivity (Wildman–Crippen MR) is 72.2 cm³/mol. The lowest BCUT2D eigenvalue weighted by atomic mass is 9.63. The summed E-state index contributed by atoms with van der Waals surface area (Å²) in [5.41, 5.74) is 6.23. The van der Waals surface area contributed by atoms with Gasteiger partial charge in [-0.3, -0.25) is 9.59 Å². The van der Waals surface area contributed by atoms with Crippen LogP contribution in [0.15, 0.2) is 30.3 Å². The number of hydrogen-bond donors (Lipinski definition) is 1. The van der Waals surface area contributed by atoms with E-state index in [1.54, 1.807) is 0 Å². The zero-order chi connectivity index (χ0) is 13.5. The van der Waals surface area contributed by atoms with E-state index >= 15 is 0 Å². The Morgan fingerprint density at radius 2 is 1.89 bits per heavy atom. The number of aryl methyl sites for hydroxylation is 1. The van der Waals surface area contributed by atoms with Crippen molar-refractivity contribution < 1.29 is 9.59 Å². The zero-order valence-corrected chi connectivity index (χ0v) is 11.0. The van der Waals surface area contributed by atoms with Crippen molar-refractivity contribution in [3.63, 3.8) is 0 Å². The third-order valence-corrected chi connectivity index (χ3v) is 4.92. The topological polar surface area (TPSA) is 60.2 Å². The van der Waals surface area contributed by atoms with Crippen LogP contribution in [0.25, 0.3) is 0 Å². The maximum Gasteiger partial charge on any atom is 0.221 e. The van der Waals surface area contributed by atoms with Crippen molar-refractivity contribution >= 4 is 11.7 Å². The molecule has 0 radical (unpaired) electrons. The number of primary amides is 1. The predicted octanol–water partition coefficient (Wildman–Crippen LogP) is 2.09. The molecular formula is C16H19NO2. The molecule has 0 saturated heterocycles. The molecule has 1 aromatic rings. The van der Waals surface area contributed by atoms with Crippen molar-refractivity contribution in [3.05, 3.63) is 35.9 Å². The van der Waals surface area contributed by atoms with Gasteiger partial charge < -0.3 is 5.73 Å². The van der Waals surface area contributed by atoms with Gasteiger partial charge in [-0.2, -0.15) is 0 Å². The Kier molecular flexibility index (Phi) is 2.92. The number of nitrogens with two attached hydrogens (primary N) is 1. The maximum atomic E-state index is 12.5. The van der Waals surface area contributed by atoms with Crippen LogP contribution in [0.3, 0.4) is 0 Å². The van der Waals surface area contributed by atoms with Gasteiger partial charge in [0.05, 0.1) is 5.92 Å². The van der Waals surface area contributed by atoms with Crippen LogP contribution < -0.4 is 5.73 Å². The highest BCUT2D eigenvalue weighted by atomic mass is 16.1. The molecule has 1 aromatic carbocycles. The van der Waals surface area contributed by atoms with Crippen LogP contribution in [0.1, 0.15) is 31.2 Å². The minimum absolute atomic E-state index is 0.208. The van der Waals surface area contributed by atoms with Crippen molar-refractivity contribution in [1.29, 1.82) is 0 Å². The van der Waals surface area contributed by atoms with E-state index in [9.17, 15) is 9.59 Å². The molecule has 0 heterocycles. The number of Topliss-reactive ketones (excluding diaryl/α,β-unsaturated/α-hetero) is 1. The molecule has 1 unspecified atom stereocenters. The van der Waals surface area contributed by atoms with Crippen LogP contribution in [0.5, 0.6) is 0 Å². The highest BCUT2D eigenvalue weighted by molar-refractivity contribution is 5.93. The summed E-state index contributed by atoms with van der Waals surface area (Å²) in [4.78, 5) is 24.0. The molecule has 3 fully saturated rings. The van der Waals surface area contributed by atoms with E-state index in [-0.39, 0.29) is 17.6 Å². The normalized spacial score (nSPS) is 31.8. The lowest BCUT2D eigenvalue weighted by Crippen LogP contribution is -2.44. The zero-order valence-electron chi connectivity index (χ0n) is 11.0. The number of fused-ring (bicyclic) bond motifs is 1. The summed E-state index contributed by atoms with van der Waals surface area (Å²) in [6.45, 7) is 0. The standard InChI is InChI=1S/C16H19NO2/c17-15(19)13-8-12-9-16(13,10-12)14(18)7-6-11-4-2-1-3-5-11/h1-5,12-13H,6-10H2,(H2,17,19). The largest absolute Gasteiger partial charge is 0.369 e. The van der Waals surface area contributed by atoms with E-state index in [0.29, 0.717) is 12.3 Å². The SMILES string of the molecule is NC(=O)C1CC2CC1(C(=O)CCc1ccccc1)C2. The molecule has 2 bridgehead atoms. The fourth-order valence-electron chi connectivity index (χ4n) is 3.94. The Balaban J connectivity index is 1.66. The van der Waals surface area contributed by atoms with Gasteiger partial charge >= 0.3 is 0 Å². The first-order valence-electron chi connectivity index (χ1n) is 6.98. The van der Waals surface area contributed by atoms with Crippen molar-refractivity contribution in [3.8, 4) is 0 Å². The molecule has 3 saturated carbocycles. The Morgan fingerprint density at radius 3 is 2.53 bits per heavy atom. The molecule has 0 aliphatic heterocycles. The molecular weight excluding hydrogens is 238 g/mol. The second-order valence-electron chi connectivity index (χ2n) is 6.03. The molecule has 19 heavy (non-hydrogen) atoms. The van der Waals surface area contributed by atoms with Gasteiger partial charge in [0, 0.05) is 11.8 Å². The molecule has 3 aliphatic rings. The molecule has 0 spiro atoms. The van der Waals surface area contributed by atoms with Gasteiger partial charge in [-0.25, -0.2) is 0 Å². The average molecular weight is 257 g/mol. The van der Waals surface area contributed by atoms with E-state index in [2.05, 4.69) is 0 Å². The van der Waals surface area contributed by atoms with E-state index in [4.69, 9.17) is 5.73 Å². The van der Waals surface area contributed by atoms with Gasteiger partial charge in [0.2, 0.25) is 5.91 Å². The number of ketones is 1. The third kappa shape index (κ3) is 1.97. The molecule has 100 valence electrons. The van der Waals surface area contributed by atoms with Crippen molar-refractivity contribution in [2.24, 2.45) is 23.0 Å². The number of benzene rings is 1. The Bertz CT molecular complexity index is 503. The average Bonchev–Trinajstić information content (AvgIpc) is 2.93. The quantitative estimate of drug-likeness (QED) is 0.878. The monoisotopic (exact) mass is 257 g/mol. The summed E-state index contributed by atoms with van der Waals surface area (Å²) >= 11 is 0. The van der Waals surface area contributed by atoms with Gasteiger partial charge in [0.15, 0.2) is 0 Å². The Hall–Kier alpha value is -1.64. The fraction of sp³-hybridized carbons (Fsp3) is 0.500. The number of hydrogen-bond acceptors (Lipinski definition) is 2. The summed E-state index contributed by atoms with van der Waals surface area (Å²) in [6.07, 6.45) is 3.88. The number of carbonyl (C=O) groups is 2. The van der Waals surface area contributed by atoms with Gasteiger partial charge in [0.25, 0.3) is 0 Å². The van der Waals surface area contributed by atoms with Gasteiger partial charge in [-0.05, 0) is 37.2 Å². The van der Waals surface area contributed by atoms with Crippen LogP contribution >= 0.6 is 0 Å². The minimum atomic E-state index is -0.398. The van der Waals surface area contributed by atoms with Crippen LogP contribution in [0.4, 0.5) is 0 Å². The second kappa shape index (κ2) is 4.48. The second-order valence-corrected chi connectivity index (χ2v) is 6.03. The Labute approximate surface area is 113 Å². The van der Waals surface area contributed by atoms with E-state index in [0.717, 1.165) is 25.7 Å². The summed E-state index contributed by atoms with van der Waals surface area (Å²) in [5, 5.41) is 0. The number of amides is 1. The molecule has 2 N–H and O–H groups in total. The van der Waals surface area contributed by atoms with Crippen molar-refractivity contribution in [2.75, 3.05) is 0 Å². The highest BCUT2D eigenvalue weighted by Gasteiger charge is 2.62. The smallest absolute Gasteiger partial charge is 0.221 e. The Morgan fingerprint density at radius 1 is 1.21 bits per heavy atom. The summed E-state index contributed by atoms with van der Waals surface area (Å²) < 4.78 is 0.